The van der Waals surface area contributed by atoms with Gasteiger partial charge in [-0.25, -0.2) is 0 Å². The van der Waals surface area contributed by atoms with Crippen molar-refractivity contribution in [3.8, 4) is 0 Å². The van der Waals surface area contributed by atoms with Crippen LogP contribution in [0.25, 0.3) is 0 Å². The highest BCUT2D eigenvalue weighted by Crippen LogP contribution is 2.55. The van der Waals surface area contributed by atoms with Gasteiger partial charge in [-0.1, -0.05) is 6.42 Å². The van der Waals surface area contributed by atoms with Crippen molar-refractivity contribution in [3.63, 3.8) is 0 Å². The molecule has 3 nitrogen and oxygen atoms in total. The van der Waals surface area contributed by atoms with Crippen LogP contribution in [0.2, 0.25) is 0 Å². The first-order valence-electron chi connectivity index (χ1n) is 6.77. The Balaban J connectivity index is 1.58. The summed E-state index contributed by atoms with van der Waals surface area (Å²) in [5.41, 5.74) is 1.31. The Bertz CT molecular complexity index is 391. The molecule has 100 valence electrons. The lowest BCUT2D eigenvalue weighted by Crippen LogP contribution is -2.34. The van der Waals surface area contributed by atoms with Gasteiger partial charge < -0.3 is 0 Å². The van der Waals surface area contributed by atoms with E-state index in [1.165, 1.54) is 31.4 Å². The smallest absolute Gasteiger partial charge is 0.121 e. The van der Waals surface area contributed by atoms with E-state index in [4.69, 9.17) is 23.2 Å². The Labute approximate surface area is 118 Å². The fraction of sp³-hybridized carbons (Fsp3) is 0.769. The summed E-state index contributed by atoms with van der Waals surface area (Å²) in [7, 11) is 0. The minimum Gasteiger partial charge on any atom is -0.296 e. The van der Waals surface area contributed by atoms with E-state index in [1.807, 2.05) is 12.4 Å². The predicted octanol–water partition coefficient (Wildman–Crippen LogP) is 3.52. The van der Waals surface area contributed by atoms with Gasteiger partial charge in [0.2, 0.25) is 0 Å². The van der Waals surface area contributed by atoms with Crippen LogP contribution in [-0.4, -0.2) is 32.5 Å². The fourth-order valence-electron chi connectivity index (χ4n) is 2.98. The number of nitrogens with zero attached hydrogens (tertiary/aromatic N) is 2. The third-order valence-corrected chi connectivity index (χ3v) is 5.16. The van der Waals surface area contributed by atoms with E-state index in [1.54, 1.807) is 0 Å². The predicted molar refractivity (Wildman–Crippen MR) is 73.9 cm³/mol. The Kier molecular flexibility index (Phi) is 3.57. The molecule has 0 spiro atoms. The third-order valence-electron chi connectivity index (χ3n) is 4.24. The van der Waals surface area contributed by atoms with Crippen LogP contribution >= 0.6 is 23.2 Å². The van der Waals surface area contributed by atoms with Crippen LogP contribution in [0.4, 0.5) is 0 Å². The molecule has 0 aromatic carbocycles. The summed E-state index contributed by atoms with van der Waals surface area (Å²) in [6.45, 7) is 2.28. The molecule has 5 heteroatoms. The van der Waals surface area contributed by atoms with Crippen LogP contribution in [0.1, 0.15) is 43.7 Å². The Hall–Kier alpha value is -0.250. The molecule has 1 aliphatic heterocycles. The molecule has 1 saturated carbocycles. The van der Waals surface area contributed by atoms with Crippen LogP contribution in [0.15, 0.2) is 12.4 Å². The van der Waals surface area contributed by atoms with Gasteiger partial charge in [-0.2, -0.15) is 5.10 Å². The van der Waals surface area contributed by atoms with E-state index in [-0.39, 0.29) is 0 Å². The summed E-state index contributed by atoms with van der Waals surface area (Å²) in [4.78, 5) is 2.57. The molecule has 1 aromatic rings. The number of hydrogen-bond donors (Lipinski definition) is 1. The standard InChI is InChI=1S/C13H19Cl2N3/c14-13(15)7-11(13)4-6-18-5-2-1-3-12(18)10-8-16-17-9-10/h8-9,11-12H,1-7H2,(H,16,17)/t11-,12+/m0/s1. The summed E-state index contributed by atoms with van der Waals surface area (Å²) in [6.07, 6.45) is 9.89. The number of aromatic amines is 1. The maximum Gasteiger partial charge on any atom is 0.121 e. The first-order chi connectivity index (χ1) is 8.67. The van der Waals surface area contributed by atoms with Gasteiger partial charge in [0.05, 0.1) is 6.20 Å². The maximum absolute atomic E-state index is 6.09. The summed E-state index contributed by atoms with van der Waals surface area (Å²) in [6, 6.07) is 0.524. The quantitative estimate of drug-likeness (QED) is 0.860. The number of piperidine rings is 1. The highest BCUT2D eigenvalue weighted by atomic mass is 35.5. The summed E-state index contributed by atoms with van der Waals surface area (Å²) >= 11 is 12.2. The lowest BCUT2D eigenvalue weighted by Gasteiger charge is -2.35. The molecular weight excluding hydrogens is 269 g/mol. The van der Waals surface area contributed by atoms with Crippen LogP contribution < -0.4 is 0 Å². The van der Waals surface area contributed by atoms with Crippen molar-refractivity contribution in [2.45, 2.75) is 42.5 Å². The normalized spacial score (nSPS) is 31.4. The number of rotatable bonds is 4. The molecule has 2 fully saturated rings. The SMILES string of the molecule is ClC1(Cl)C[C@@H]1CCN1CCCC[C@@H]1c1cn[nH]c1. The van der Waals surface area contributed by atoms with Gasteiger partial charge in [-0.15, -0.1) is 23.2 Å². The van der Waals surface area contributed by atoms with E-state index < -0.39 is 4.33 Å². The second-order valence-corrected chi connectivity index (χ2v) is 7.07. The number of nitrogens with one attached hydrogen (secondary N) is 1. The minimum atomic E-state index is -0.430. The topological polar surface area (TPSA) is 31.9 Å². The molecule has 1 aliphatic carbocycles. The molecule has 18 heavy (non-hydrogen) atoms. The molecule has 1 N–H and O–H groups in total. The zero-order valence-corrected chi connectivity index (χ0v) is 11.9. The molecule has 2 atom stereocenters. The second kappa shape index (κ2) is 5.03. The fourth-order valence-corrected chi connectivity index (χ4v) is 3.57. The maximum atomic E-state index is 6.09. The molecule has 0 amide bonds. The first kappa shape index (κ1) is 12.8. The largest absolute Gasteiger partial charge is 0.296 e. The van der Waals surface area contributed by atoms with E-state index >= 15 is 0 Å². The van der Waals surface area contributed by atoms with Crippen molar-refractivity contribution < 1.29 is 0 Å². The van der Waals surface area contributed by atoms with Crippen LogP contribution in [0, 0.1) is 5.92 Å². The number of likely N-dealkylation sites (tertiary alicyclic amines) is 1. The second-order valence-electron chi connectivity index (χ2n) is 5.53. The molecule has 2 aliphatic rings. The van der Waals surface area contributed by atoms with Gasteiger partial charge in [-0.05, 0) is 44.7 Å². The van der Waals surface area contributed by atoms with E-state index in [0.29, 0.717) is 12.0 Å². The van der Waals surface area contributed by atoms with E-state index in [0.717, 1.165) is 19.4 Å². The van der Waals surface area contributed by atoms with Crippen LogP contribution in [0.5, 0.6) is 0 Å². The average molecular weight is 288 g/mol. The zero-order chi connectivity index (χ0) is 12.6. The summed E-state index contributed by atoms with van der Waals surface area (Å²) in [5, 5.41) is 6.99. The molecule has 0 bridgehead atoms. The van der Waals surface area contributed by atoms with Gasteiger partial charge in [-0.3, -0.25) is 10.00 Å². The monoisotopic (exact) mass is 287 g/mol. The molecule has 1 aromatic heterocycles. The molecule has 3 rings (SSSR count). The van der Waals surface area contributed by atoms with Crippen LogP contribution in [-0.2, 0) is 0 Å². The molecular formula is C13H19Cl2N3. The van der Waals surface area contributed by atoms with Gasteiger partial charge in [0.25, 0.3) is 0 Å². The number of H-pyrrole nitrogens is 1. The van der Waals surface area contributed by atoms with Crippen molar-refractivity contribution in [1.29, 1.82) is 0 Å². The van der Waals surface area contributed by atoms with E-state index in [2.05, 4.69) is 15.1 Å². The lowest BCUT2D eigenvalue weighted by atomic mass is 9.97. The van der Waals surface area contributed by atoms with Crippen molar-refractivity contribution in [2.24, 2.45) is 5.92 Å². The third kappa shape index (κ3) is 2.68. The number of alkyl halides is 2. The molecule has 0 radical (unpaired) electrons. The van der Waals surface area contributed by atoms with Crippen LogP contribution in [0.3, 0.4) is 0 Å². The number of halogens is 2. The Morgan fingerprint density at radius 3 is 2.94 bits per heavy atom. The number of aromatic nitrogens is 2. The average Bonchev–Trinajstić information content (AvgIpc) is 2.81. The highest BCUT2D eigenvalue weighted by molar-refractivity contribution is 6.50. The lowest BCUT2D eigenvalue weighted by molar-refractivity contribution is 0.144. The van der Waals surface area contributed by atoms with Crippen molar-refractivity contribution in [2.75, 3.05) is 13.1 Å². The highest BCUT2D eigenvalue weighted by Gasteiger charge is 2.51. The van der Waals surface area contributed by atoms with Crippen molar-refractivity contribution in [3.05, 3.63) is 18.0 Å². The molecule has 0 unspecified atom stereocenters. The summed E-state index contributed by atoms with van der Waals surface area (Å²) in [5.74, 6) is 0.493. The molecule has 1 saturated heterocycles. The van der Waals surface area contributed by atoms with E-state index in [9.17, 15) is 0 Å². The number of hydrogen-bond acceptors (Lipinski definition) is 2. The molecule has 2 heterocycles. The van der Waals surface area contributed by atoms with Gasteiger partial charge in [0.1, 0.15) is 4.33 Å². The zero-order valence-electron chi connectivity index (χ0n) is 10.4. The van der Waals surface area contributed by atoms with Gasteiger partial charge in [0, 0.05) is 17.8 Å². The summed E-state index contributed by atoms with van der Waals surface area (Å²) < 4.78 is -0.430. The van der Waals surface area contributed by atoms with Crippen molar-refractivity contribution in [1.82, 2.24) is 15.1 Å². The Morgan fingerprint density at radius 2 is 2.28 bits per heavy atom. The van der Waals surface area contributed by atoms with Gasteiger partial charge in [0.15, 0.2) is 0 Å². The first-order valence-corrected chi connectivity index (χ1v) is 7.53. The van der Waals surface area contributed by atoms with Gasteiger partial charge >= 0.3 is 0 Å². The minimum absolute atomic E-state index is 0.430. The van der Waals surface area contributed by atoms with Crippen molar-refractivity contribution >= 4 is 23.2 Å². The Morgan fingerprint density at radius 1 is 1.44 bits per heavy atom.